The number of hydrogen-bond donors (Lipinski definition) is 0. The zero-order valence-electron chi connectivity index (χ0n) is 5.62. The largest absolute Gasteiger partial charge is 0.357 e. The van der Waals surface area contributed by atoms with Gasteiger partial charge in [-0.15, -0.1) is 0 Å². The predicted molar refractivity (Wildman–Crippen MR) is 38.7 cm³/mol. The van der Waals surface area contributed by atoms with Crippen molar-refractivity contribution in [2.75, 3.05) is 14.1 Å². The third-order valence-corrected chi connectivity index (χ3v) is 1.94. The third kappa shape index (κ3) is 1.18. The van der Waals surface area contributed by atoms with Crippen molar-refractivity contribution in [1.82, 2.24) is 4.90 Å². The van der Waals surface area contributed by atoms with Crippen molar-refractivity contribution in [3.63, 3.8) is 0 Å². The van der Waals surface area contributed by atoms with Crippen LogP contribution < -0.4 is 0 Å². The minimum absolute atomic E-state index is 0.468. The minimum Gasteiger partial charge on any atom is -0.357 e. The van der Waals surface area contributed by atoms with E-state index in [1.165, 1.54) is 0 Å². The van der Waals surface area contributed by atoms with E-state index in [4.69, 9.17) is 0 Å². The lowest BCUT2D eigenvalue weighted by molar-refractivity contribution is -0.130. The highest BCUT2D eigenvalue weighted by Crippen LogP contribution is 2.15. The van der Waals surface area contributed by atoms with Gasteiger partial charge in [-0.1, -0.05) is 0 Å². The monoisotopic (exact) mass is 158 g/mol. The molecule has 0 saturated carbocycles. The van der Waals surface area contributed by atoms with E-state index in [-0.39, 0.29) is 0 Å². The van der Waals surface area contributed by atoms with Crippen LogP contribution in [0.3, 0.4) is 0 Å². The van der Waals surface area contributed by atoms with Gasteiger partial charge in [0.05, 0.1) is 0 Å². The average Bonchev–Trinajstić information content (AvgIpc) is 2.13. The second-order valence-corrected chi connectivity index (χ2v) is 2.92. The highest BCUT2D eigenvalue weighted by atomic mass is 32.2. The van der Waals surface area contributed by atoms with Gasteiger partial charge in [0.25, 0.3) is 5.12 Å². The fourth-order valence-corrected chi connectivity index (χ4v) is 1.08. The Bertz CT molecular complexity index is 222. The molecule has 0 radical (unpaired) electrons. The van der Waals surface area contributed by atoms with Crippen LogP contribution >= 0.6 is 11.8 Å². The van der Waals surface area contributed by atoms with Crippen LogP contribution in [0.4, 0.5) is 0 Å². The van der Waals surface area contributed by atoms with Crippen LogP contribution in [0.1, 0.15) is 0 Å². The lowest BCUT2D eigenvalue weighted by Gasteiger charge is -2.07. The van der Waals surface area contributed by atoms with Gasteiger partial charge in [0.15, 0.2) is 5.17 Å². The second-order valence-electron chi connectivity index (χ2n) is 1.98. The zero-order valence-corrected chi connectivity index (χ0v) is 6.44. The lowest BCUT2D eigenvalue weighted by Crippen LogP contribution is -2.16. The van der Waals surface area contributed by atoms with Gasteiger partial charge in [-0.3, -0.25) is 9.59 Å². The fraction of sp³-hybridized carbons (Fsp3) is 0.400. The Kier molecular flexibility index (Phi) is 1.76. The summed E-state index contributed by atoms with van der Waals surface area (Å²) in [6.45, 7) is 0. The number of amides is 1. The number of aliphatic imine (C=N–C) groups is 1. The minimum atomic E-state index is -0.659. The van der Waals surface area contributed by atoms with Crippen LogP contribution in [0, 0.1) is 0 Å². The van der Waals surface area contributed by atoms with E-state index in [0.29, 0.717) is 5.17 Å². The van der Waals surface area contributed by atoms with Gasteiger partial charge in [0, 0.05) is 14.1 Å². The third-order valence-electron chi connectivity index (χ3n) is 0.938. The van der Waals surface area contributed by atoms with Crippen molar-refractivity contribution in [1.29, 1.82) is 0 Å². The molecule has 0 spiro atoms. The maximum atomic E-state index is 10.6. The summed E-state index contributed by atoms with van der Waals surface area (Å²) >= 11 is 0.869. The van der Waals surface area contributed by atoms with Gasteiger partial charge in [0.2, 0.25) is 0 Å². The van der Waals surface area contributed by atoms with E-state index < -0.39 is 11.0 Å². The summed E-state index contributed by atoms with van der Waals surface area (Å²) in [7, 11) is 3.47. The number of nitrogens with zero attached hydrogens (tertiary/aromatic N) is 2. The summed E-state index contributed by atoms with van der Waals surface area (Å²) in [5, 5.41) is -0.0290. The SMILES string of the molecule is CN(C)C1=NC(=O)C(=O)S1. The first-order chi connectivity index (χ1) is 4.61. The molecule has 1 aliphatic rings. The second kappa shape index (κ2) is 2.42. The molecule has 0 N–H and O–H groups in total. The van der Waals surface area contributed by atoms with Crippen molar-refractivity contribution >= 4 is 28.0 Å². The molecule has 0 aliphatic carbocycles. The van der Waals surface area contributed by atoms with E-state index in [2.05, 4.69) is 4.99 Å². The molecule has 0 unspecified atom stereocenters. The smallest absolute Gasteiger partial charge is 0.327 e. The molecule has 1 amide bonds. The predicted octanol–water partition coefficient (Wildman–Crippen LogP) is -0.296. The van der Waals surface area contributed by atoms with Crippen molar-refractivity contribution in [2.24, 2.45) is 4.99 Å². The maximum Gasteiger partial charge on any atom is 0.327 e. The summed E-state index contributed by atoms with van der Waals surface area (Å²) < 4.78 is 0. The Labute approximate surface area is 62.3 Å². The summed E-state index contributed by atoms with van der Waals surface area (Å²) in [5.41, 5.74) is 0. The first-order valence-corrected chi connectivity index (χ1v) is 3.45. The van der Waals surface area contributed by atoms with Crippen LogP contribution in [-0.2, 0) is 9.59 Å². The Morgan fingerprint density at radius 1 is 1.40 bits per heavy atom. The molecule has 1 aliphatic heterocycles. The number of amidine groups is 1. The Morgan fingerprint density at radius 2 is 2.00 bits per heavy atom. The number of rotatable bonds is 0. The van der Waals surface area contributed by atoms with Crippen LogP contribution in [0.25, 0.3) is 0 Å². The molecule has 0 saturated heterocycles. The molecule has 1 rings (SSSR count). The number of hydrogen-bond acceptors (Lipinski definition) is 4. The molecular weight excluding hydrogens is 152 g/mol. The zero-order chi connectivity index (χ0) is 7.72. The first kappa shape index (κ1) is 7.27. The molecule has 0 aromatic heterocycles. The first-order valence-electron chi connectivity index (χ1n) is 2.63. The summed E-state index contributed by atoms with van der Waals surface area (Å²) in [6.07, 6.45) is 0. The molecule has 0 aromatic carbocycles. The van der Waals surface area contributed by atoms with Gasteiger partial charge in [-0.05, 0) is 11.8 Å². The molecule has 54 valence electrons. The molecule has 1 heterocycles. The number of thioether (sulfide) groups is 1. The van der Waals surface area contributed by atoms with E-state index in [1.807, 2.05) is 0 Å². The van der Waals surface area contributed by atoms with E-state index >= 15 is 0 Å². The van der Waals surface area contributed by atoms with Gasteiger partial charge >= 0.3 is 5.91 Å². The molecule has 10 heavy (non-hydrogen) atoms. The van der Waals surface area contributed by atoms with E-state index in [0.717, 1.165) is 11.8 Å². The molecule has 5 heteroatoms. The van der Waals surface area contributed by atoms with Crippen molar-refractivity contribution in [3.05, 3.63) is 0 Å². The molecule has 0 aromatic rings. The van der Waals surface area contributed by atoms with Crippen LogP contribution in [0.5, 0.6) is 0 Å². The van der Waals surface area contributed by atoms with Gasteiger partial charge in [0.1, 0.15) is 0 Å². The molecule has 0 bridgehead atoms. The highest BCUT2D eigenvalue weighted by molar-refractivity contribution is 8.28. The molecule has 0 fully saturated rings. The van der Waals surface area contributed by atoms with Crippen molar-refractivity contribution < 1.29 is 9.59 Å². The number of carbonyl (C=O) groups is 2. The van der Waals surface area contributed by atoms with Crippen LogP contribution in [0.2, 0.25) is 0 Å². The normalized spacial score (nSPS) is 17.6. The quantitative estimate of drug-likeness (QED) is 0.454. The van der Waals surface area contributed by atoms with Crippen molar-refractivity contribution in [2.45, 2.75) is 0 Å². The van der Waals surface area contributed by atoms with Gasteiger partial charge in [-0.2, -0.15) is 4.99 Å². The maximum absolute atomic E-state index is 10.6. The summed E-state index contributed by atoms with van der Waals surface area (Å²) in [6, 6.07) is 0. The Hall–Kier alpha value is -0.840. The Balaban J connectivity index is 2.77. The Morgan fingerprint density at radius 3 is 2.20 bits per heavy atom. The van der Waals surface area contributed by atoms with Gasteiger partial charge in [-0.25, -0.2) is 0 Å². The number of carbonyl (C=O) groups excluding carboxylic acids is 2. The van der Waals surface area contributed by atoms with Crippen LogP contribution in [-0.4, -0.2) is 35.2 Å². The standard InChI is InChI=1S/C5H6N2O2S/c1-7(2)5-6-3(8)4(9)10-5/h1-2H3. The van der Waals surface area contributed by atoms with E-state index in [9.17, 15) is 9.59 Å². The highest BCUT2D eigenvalue weighted by Gasteiger charge is 2.26. The van der Waals surface area contributed by atoms with E-state index in [1.54, 1.807) is 19.0 Å². The molecule has 4 nitrogen and oxygen atoms in total. The van der Waals surface area contributed by atoms with Crippen molar-refractivity contribution in [3.8, 4) is 0 Å². The molecular formula is C5H6N2O2S. The summed E-state index contributed by atoms with van der Waals surface area (Å²) in [4.78, 5) is 26.2. The topological polar surface area (TPSA) is 49.7 Å². The van der Waals surface area contributed by atoms with Gasteiger partial charge < -0.3 is 4.90 Å². The lowest BCUT2D eigenvalue weighted by atomic mass is 10.7. The molecule has 0 atom stereocenters. The van der Waals surface area contributed by atoms with Crippen LogP contribution in [0.15, 0.2) is 4.99 Å². The summed E-state index contributed by atoms with van der Waals surface area (Å²) in [5.74, 6) is -0.659. The average molecular weight is 158 g/mol. The fourth-order valence-electron chi connectivity index (χ4n) is 0.473.